The summed E-state index contributed by atoms with van der Waals surface area (Å²) in [6.45, 7) is 7.33. The Balaban J connectivity index is 2.48. The number of aromatic carboxylic acids is 1. The second-order valence-corrected chi connectivity index (χ2v) is 5.16. The second-order valence-electron chi connectivity index (χ2n) is 5.16. The van der Waals surface area contributed by atoms with Crippen molar-refractivity contribution >= 4 is 11.9 Å². The second kappa shape index (κ2) is 8.42. The lowest BCUT2D eigenvalue weighted by atomic mass is 10.0. The number of ether oxygens (including phenoxy) is 1. The van der Waals surface area contributed by atoms with Gasteiger partial charge in [0.05, 0.1) is 11.7 Å². The van der Waals surface area contributed by atoms with Crippen LogP contribution in [0.3, 0.4) is 0 Å². The number of benzene rings is 1. The molecule has 0 radical (unpaired) electrons. The molecule has 0 saturated carbocycles. The number of carboxylic acid groups (broad SMARTS) is 1. The molecule has 0 aliphatic heterocycles. The molecule has 0 saturated heterocycles. The van der Waals surface area contributed by atoms with E-state index in [-0.39, 0.29) is 17.6 Å². The van der Waals surface area contributed by atoms with Gasteiger partial charge in [-0.2, -0.15) is 0 Å². The minimum absolute atomic E-state index is 0.129. The van der Waals surface area contributed by atoms with Crippen LogP contribution in [0.5, 0.6) is 0 Å². The van der Waals surface area contributed by atoms with E-state index in [0.29, 0.717) is 24.6 Å². The van der Waals surface area contributed by atoms with Crippen LogP contribution in [0.1, 0.15) is 47.9 Å². The van der Waals surface area contributed by atoms with E-state index in [1.165, 1.54) is 24.3 Å². The van der Waals surface area contributed by atoms with Crippen molar-refractivity contribution in [2.75, 3.05) is 13.2 Å². The van der Waals surface area contributed by atoms with Gasteiger partial charge in [0.25, 0.3) is 5.91 Å². The maximum Gasteiger partial charge on any atom is 0.335 e. The quantitative estimate of drug-likeness (QED) is 0.772. The Morgan fingerprint density at radius 3 is 2.24 bits per heavy atom. The highest BCUT2D eigenvalue weighted by Gasteiger charge is 2.14. The third-order valence-corrected chi connectivity index (χ3v) is 3.23. The van der Waals surface area contributed by atoms with Crippen LogP contribution in [0.4, 0.5) is 0 Å². The fraction of sp³-hybridized carbons (Fsp3) is 0.500. The summed E-state index contributed by atoms with van der Waals surface area (Å²) in [5.74, 6) is -0.805. The summed E-state index contributed by atoms with van der Waals surface area (Å²) in [4.78, 5) is 22.7. The molecule has 0 heterocycles. The highest BCUT2D eigenvalue weighted by atomic mass is 16.5. The Morgan fingerprint density at radius 1 is 1.19 bits per heavy atom. The van der Waals surface area contributed by atoms with Gasteiger partial charge in [0.15, 0.2) is 0 Å². The van der Waals surface area contributed by atoms with Crippen LogP contribution in [-0.2, 0) is 4.74 Å². The Hall–Kier alpha value is -1.88. The zero-order valence-corrected chi connectivity index (χ0v) is 12.8. The molecule has 0 aliphatic carbocycles. The molecular weight excluding hydrogens is 270 g/mol. The summed E-state index contributed by atoms with van der Waals surface area (Å²) in [5.41, 5.74) is 0.625. The van der Waals surface area contributed by atoms with E-state index in [0.717, 1.165) is 6.42 Å². The number of hydrogen-bond donors (Lipinski definition) is 2. The Morgan fingerprint density at radius 2 is 1.76 bits per heavy atom. The predicted octanol–water partition coefficient (Wildman–Crippen LogP) is 2.57. The third-order valence-electron chi connectivity index (χ3n) is 3.23. The fourth-order valence-corrected chi connectivity index (χ4v) is 2.02. The zero-order chi connectivity index (χ0) is 15.8. The third kappa shape index (κ3) is 5.55. The lowest BCUT2D eigenvalue weighted by molar-refractivity contribution is 0.0251. The van der Waals surface area contributed by atoms with Crippen molar-refractivity contribution in [2.24, 2.45) is 5.92 Å². The van der Waals surface area contributed by atoms with E-state index in [9.17, 15) is 9.59 Å². The number of rotatable bonds is 8. The smallest absolute Gasteiger partial charge is 0.335 e. The predicted molar refractivity (Wildman–Crippen MR) is 80.6 cm³/mol. The molecule has 1 aromatic rings. The summed E-state index contributed by atoms with van der Waals surface area (Å²) in [5, 5.41) is 11.6. The molecule has 1 amide bonds. The number of amides is 1. The first-order chi connectivity index (χ1) is 9.95. The molecule has 5 nitrogen and oxygen atoms in total. The minimum Gasteiger partial charge on any atom is -0.478 e. The standard InChI is InChI=1S/C16H23NO4/c1-4-21-14(11(2)3)9-10-17-15(18)12-5-7-13(8-6-12)16(19)20/h5-8,11,14H,4,9-10H2,1-3H3,(H,17,18)(H,19,20). The Kier molecular flexibility index (Phi) is 6.88. The molecule has 2 N–H and O–H groups in total. The summed E-state index contributed by atoms with van der Waals surface area (Å²) in [6.07, 6.45) is 0.884. The van der Waals surface area contributed by atoms with Crippen molar-refractivity contribution in [1.82, 2.24) is 5.32 Å². The van der Waals surface area contributed by atoms with Gasteiger partial charge in [-0.25, -0.2) is 4.79 Å². The van der Waals surface area contributed by atoms with Gasteiger partial charge in [-0.1, -0.05) is 13.8 Å². The van der Waals surface area contributed by atoms with Gasteiger partial charge in [0, 0.05) is 18.7 Å². The molecule has 0 spiro atoms. The molecule has 1 atom stereocenters. The Labute approximate surface area is 125 Å². The van der Waals surface area contributed by atoms with E-state index in [1.807, 2.05) is 6.92 Å². The normalized spacial score (nSPS) is 12.2. The number of carbonyl (C=O) groups is 2. The van der Waals surface area contributed by atoms with Crippen LogP contribution in [0, 0.1) is 5.92 Å². The highest BCUT2D eigenvalue weighted by molar-refractivity contribution is 5.95. The average molecular weight is 293 g/mol. The van der Waals surface area contributed by atoms with E-state index in [2.05, 4.69) is 19.2 Å². The molecule has 1 rings (SSSR count). The van der Waals surface area contributed by atoms with Gasteiger partial charge in [-0.05, 0) is 43.5 Å². The average Bonchev–Trinajstić information content (AvgIpc) is 2.46. The maximum atomic E-state index is 11.9. The van der Waals surface area contributed by atoms with Crippen LogP contribution in [0.25, 0.3) is 0 Å². The minimum atomic E-state index is -1.00. The lowest BCUT2D eigenvalue weighted by Gasteiger charge is -2.20. The number of carbonyl (C=O) groups excluding carboxylic acids is 1. The van der Waals surface area contributed by atoms with Crippen LogP contribution in [0.2, 0.25) is 0 Å². The summed E-state index contributed by atoms with van der Waals surface area (Å²) >= 11 is 0. The van der Waals surface area contributed by atoms with Crippen molar-refractivity contribution in [3.63, 3.8) is 0 Å². The van der Waals surface area contributed by atoms with Crippen LogP contribution < -0.4 is 5.32 Å². The van der Waals surface area contributed by atoms with E-state index >= 15 is 0 Å². The lowest BCUT2D eigenvalue weighted by Crippen LogP contribution is -2.30. The van der Waals surface area contributed by atoms with Crippen molar-refractivity contribution in [1.29, 1.82) is 0 Å². The van der Waals surface area contributed by atoms with Crippen molar-refractivity contribution in [2.45, 2.75) is 33.3 Å². The Bertz CT molecular complexity index is 468. The highest BCUT2D eigenvalue weighted by Crippen LogP contribution is 2.10. The van der Waals surface area contributed by atoms with Gasteiger partial charge < -0.3 is 15.2 Å². The summed E-state index contributed by atoms with van der Waals surface area (Å²) < 4.78 is 5.62. The molecular formula is C16H23NO4. The number of hydrogen-bond acceptors (Lipinski definition) is 3. The molecule has 21 heavy (non-hydrogen) atoms. The van der Waals surface area contributed by atoms with Crippen molar-refractivity contribution in [3.05, 3.63) is 35.4 Å². The van der Waals surface area contributed by atoms with Gasteiger partial charge >= 0.3 is 5.97 Å². The topological polar surface area (TPSA) is 75.6 Å². The van der Waals surface area contributed by atoms with Gasteiger partial charge in [0.1, 0.15) is 0 Å². The molecule has 0 bridgehead atoms. The molecule has 0 aromatic heterocycles. The molecule has 0 aliphatic rings. The van der Waals surface area contributed by atoms with E-state index < -0.39 is 5.97 Å². The molecule has 1 aromatic carbocycles. The maximum absolute atomic E-state index is 11.9. The molecule has 5 heteroatoms. The summed E-state index contributed by atoms with van der Waals surface area (Å²) in [7, 11) is 0. The first-order valence-electron chi connectivity index (χ1n) is 7.18. The summed E-state index contributed by atoms with van der Waals surface area (Å²) in [6, 6.07) is 5.88. The van der Waals surface area contributed by atoms with Gasteiger partial charge in [-0.15, -0.1) is 0 Å². The SMILES string of the molecule is CCOC(CCNC(=O)c1ccc(C(=O)O)cc1)C(C)C. The molecule has 116 valence electrons. The van der Waals surface area contributed by atoms with Gasteiger partial charge in [-0.3, -0.25) is 4.79 Å². The number of nitrogens with one attached hydrogen (secondary N) is 1. The van der Waals surface area contributed by atoms with E-state index in [4.69, 9.17) is 9.84 Å². The van der Waals surface area contributed by atoms with Crippen LogP contribution >= 0.6 is 0 Å². The van der Waals surface area contributed by atoms with Crippen LogP contribution in [-0.4, -0.2) is 36.2 Å². The zero-order valence-electron chi connectivity index (χ0n) is 12.8. The first-order valence-corrected chi connectivity index (χ1v) is 7.18. The van der Waals surface area contributed by atoms with Gasteiger partial charge in [0.2, 0.25) is 0 Å². The monoisotopic (exact) mass is 293 g/mol. The first kappa shape index (κ1) is 17.2. The van der Waals surface area contributed by atoms with Crippen molar-refractivity contribution in [3.8, 4) is 0 Å². The molecule has 1 unspecified atom stereocenters. The van der Waals surface area contributed by atoms with E-state index in [1.54, 1.807) is 0 Å². The molecule has 0 fully saturated rings. The number of carboxylic acids is 1. The fourth-order valence-electron chi connectivity index (χ4n) is 2.02. The van der Waals surface area contributed by atoms with Crippen molar-refractivity contribution < 1.29 is 19.4 Å². The van der Waals surface area contributed by atoms with Crippen LogP contribution in [0.15, 0.2) is 24.3 Å². The largest absolute Gasteiger partial charge is 0.478 e.